The van der Waals surface area contributed by atoms with E-state index in [1.807, 2.05) is 12.1 Å². The standard InChI is InChI=1S/C17H27N3O4S/c1-12(2)25(22,23)20-15-6-4-13(5-7-15)17(21)19-18-14-8-10-16(24-3)11-9-14/h8-13,15,18,20H,4-7H2,1-3H3,(H,19,21). The first-order valence-corrected chi connectivity index (χ1v) is 10.1. The minimum absolute atomic E-state index is 0.0685. The molecule has 0 heterocycles. The number of hydrogen-bond acceptors (Lipinski definition) is 5. The number of hydrogen-bond donors (Lipinski definition) is 3. The van der Waals surface area contributed by atoms with Crippen molar-refractivity contribution in [2.75, 3.05) is 12.5 Å². The molecule has 1 aromatic rings. The van der Waals surface area contributed by atoms with Gasteiger partial charge in [-0.05, 0) is 63.8 Å². The van der Waals surface area contributed by atoms with Crippen LogP contribution in [0, 0.1) is 5.92 Å². The summed E-state index contributed by atoms with van der Waals surface area (Å²) in [6, 6.07) is 7.17. The normalized spacial score (nSPS) is 21.0. The summed E-state index contributed by atoms with van der Waals surface area (Å²) in [5.41, 5.74) is 6.38. The molecule has 0 bridgehead atoms. The number of ether oxygens (including phenoxy) is 1. The van der Waals surface area contributed by atoms with Gasteiger partial charge in [-0.2, -0.15) is 0 Å². The van der Waals surface area contributed by atoms with E-state index in [0.29, 0.717) is 25.7 Å². The second-order valence-electron chi connectivity index (χ2n) is 6.60. The Morgan fingerprint density at radius 2 is 1.72 bits per heavy atom. The lowest BCUT2D eigenvalue weighted by Gasteiger charge is -2.28. The molecule has 140 valence electrons. The number of benzene rings is 1. The summed E-state index contributed by atoms with van der Waals surface area (Å²) in [4.78, 5) is 12.3. The molecule has 1 saturated carbocycles. The van der Waals surface area contributed by atoms with Gasteiger partial charge in [-0.1, -0.05) is 0 Å². The lowest BCUT2D eigenvalue weighted by Crippen LogP contribution is -2.43. The molecule has 1 aliphatic carbocycles. The van der Waals surface area contributed by atoms with Crippen LogP contribution in [0.5, 0.6) is 5.75 Å². The van der Waals surface area contributed by atoms with Gasteiger partial charge in [0.05, 0.1) is 18.0 Å². The molecule has 7 nitrogen and oxygen atoms in total. The van der Waals surface area contributed by atoms with E-state index in [9.17, 15) is 13.2 Å². The molecular weight excluding hydrogens is 342 g/mol. The van der Waals surface area contributed by atoms with E-state index in [-0.39, 0.29) is 17.9 Å². The Balaban J connectivity index is 1.77. The second kappa shape index (κ2) is 8.53. The van der Waals surface area contributed by atoms with Gasteiger partial charge in [0.2, 0.25) is 15.9 Å². The molecule has 8 heteroatoms. The number of methoxy groups -OCH3 is 1. The van der Waals surface area contributed by atoms with Gasteiger partial charge >= 0.3 is 0 Å². The summed E-state index contributed by atoms with van der Waals surface area (Å²) in [5.74, 6) is 0.575. The predicted octanol–water partition coefficient (Wildman–Crippen LogP) is 2.02. The molecule has 0 aromatic heterocycles. The van der Waals surface area contributed by atoms with Gasteiger partial charge in [-0.15, -0.1) is 0 Å². The van der Waals surface area contributed by atoms with Crippen molar-refractivity contribution in [1.29, 1.82) is 0 Å². The zero-order valence-electron chi connectivity index (χ0n) is 14.9. The van der Waals surface area contributed by atoms with Crippen molar-refractivity contribution in [1.82, 2.24) is 10.1 Å². The third kappa shape index (κ3) is 5.61. The van der Waals surface area contributed by atoms with E-state index in [4.69, 9.17) is 4.74 Å². The molecular formula is C17H27N3O4S. The largest absolute Gasteiger partial charge is 0.497 e. The molecule has 0 aliphatic heterocycles. The molecule has 25 heavy (non-hydrogen) atoms. The molecule has 1 amide bonds. The molecule has 1 aromatic carbocycles. The van der Waals surface area contributed by atoms with Crippen molar-refractivity contribution in [3.63, 3.8) is 0 Å². The van der Waals surface area contributed by atoms with Gasteiger partial charge in [0, 0.05) is 12.0 Å². The SMILES string of the molecule is COc1ccc(NNC(=O)C2CCC(NS(=O)(=O)C(C)C)CC2)cc1. The van der Waals surface area contributed by atoms with Crippen LogP contribution in [0.3, 0.4) is 0 Å². The third-order valence-corrected chi connectivity index (χ3v) is 6.37. The van der Waals surface area contributed by atoms with Gasteiger partial charge in [0.25, 0.3) is 0 Å². The van der Waals surface area contributed by atoms with E-state index in [2.05, 4.69) is 15.6 Å². The average Bonchev–Trinajstić information content (AvgIpc) is 2.60. The Bertz CT molecular complexity index is 666. The highest BCUT2D eigenvalue weighted by Gasteiger charge is 2.29. The quantitative estimate of drug-likeness (QED) is 0.639. The molecule has 1 aliphatic rings. The fourth-order valence-corrected chi connectivity index (χ4v) is 3.72. The monoisotopic (exact) mass is 369 g/mol. The smallest absolute Gasteiger partial charge is 0.241 e. The summed E-state index contributed by atoms with van der Waals surface area (Å²) in [7, 11) is -1.66. The van der Waals surface area contributed by atoms with E-state index < -0.39 is 15.3 Å². The fourth-order valence-electron chi connectivity index (χ4n) is 2.75. The predicted molar refractivity (Wildman–Crippen MR) is 97.7 cm³/mol. The Hall–Kier alpha value is -1.80. The summed E-state index contributed by atoms with van der Waals surface area (Å²) in [5, 5.41) is -0.442. The lowest BCUT2D eigenvalue weighted by atomic mass is 9.86. The maximum absolute atomic E-state index is 12.3. The zero-order valence-corrected chi connectivity index (χ0v) is 15.7. The maximum atomic E-state index is 12.3. The Morgan fingerprint density at radius 1 is 1.12 bits per heavy atom. The van der Waals surface area contributed by atoms with Gasteiger partial charge < -0.3 is 4.74 Å². The van der Waals surface area contributed by atoms with Crippen LogP contribution in [-0.2, 0) is 14.8 Å². The molecule has 3 N–H and O–H groups in total. The van der Waals surface area contributed by atoms with Crippen LogP contribution in [-0.4, -0.2) is 32.7 Å². The Kier molecular flexibility index (Phi) is 6.66. The van der Waals surface area contributed by atoms with E-state index in [1.54, 1.807) is 33.1 Å². The van der Waals surface area contributed by atoms with Crippen LogP contribution < -0.4 is 20.3 Å². The average molecular weight is 369 g/mol. The minimum atomic E-state index is -3.26. The van der Waals surface area contributed by atoms with Gasteiger partial charge in [-0.3, -0.25) is 15.6 Å². The number of rotatable bonds is 7. The first kappa shape index (κ1) is 19.5. The number of carbonyl (C=O) groups excluding carboxylic acids is 1. The third-order valence-electron chi connectivity index (χ3n) is 4.47. The molecule has 0 unspecified atom stereocenters. The van der Waals surface area contributed by atoms with E-state index >= 15 is 0 Å². The molecule has 2 rings (SSSR count). The highest BCUT2D eigenvalue weighted by atomic mass is 32.2. The first-order chi connectivity index (χ1) is 11.8. The molecule has 0 atom stereocenters. The van der Waals surface area contributed by atoms with Crippen LogP contribution in [0.2, 0.25) is 0 Å². The minimum Gasteiger partial charge on any atom is -0.497 e. The first-order valence-electron chi connectivity index (χ1n) is 8.53. The van der Waals surface area contributed by atoms with Crippen LogP contribution >= 0.6 is 0 Å². The van der Waals surface area contributed by atoms with Crippen LogP contribution in [0.4, 0.5) is 5.69 Å². The van der Waals surface area contributed by atoms with Crippen LogP contribution in [0.15, 0.2) is 24.3 Å². The number of hydrazine groups is 1. The topological polar surface area (TPSA) is 96.5 Å². The highest BCUT2D eigenvalue weighted by Crippen LogP contribution is 2.25. The molecule has 0 radical (unpaired) electrons. The zero-order chi connectivity index (χ0) is 18.4. The molecule has 1 fully saturated rings. The van der Waals surface area contributed by atoms with Crippen molar-refractivity contribution in [3.05, 3.63) is 24.3 Å². The van der Waals surface area contributed by atoms with Crippen LogP contribution in [0.25, 0.3) is 0 Å². The number of sulfonamides is 1. The number of anilines is 1. The van der Waals surface area contributed by atoms with Crippen LogP contribution in [0.1, 0.15) is 39.5 Å². The summed E-state index contributed by atoms with van der Waals surface area (Å²) in [6.45, 7) is 3.32. The number of nitrogens with one attached hydrogen (secondary N) is 3. The van der Waals surface area contributed by atoms with Crippen molar-refractivity contribution in [3.8, 4) is 5.75 Å². The fraction of sp³-hybridized carbons (Fsp3) is 0.588. The van der Waals surface area contributed by atoms with Crippen molar-refractivity contribution < 1.29 is 17.9 Å². The van der Waals surface area contributed by atoms with Crippen molar-refractivity contribution in [2.24, 2.45) is 5.92 Å². The lowest BCUT2D eigenvalue weighted by molar-refractivity contribution is -0.125. The van der Waals surface area contributed by atoms with Gasteiger partial charge in [-0.25, -0.2) is 13.1 Å². The summed E-state index contributed by atoms with van der Waals surface area (Å²) >= 11 is 0. The summed E-state index contributed by atoms with van der Waals surface area (Å²) in [6.07, 6.45) is 2.68. The molecule has 0 spiro atoms. The highest BCUT2D eigenvalue weighted by molar-refractivity contribution is 7.90. The van der Waals surface area contributed by atoms with Crippen molar-refractivity contribution >= 4 is 21.6 Å². The van der Waals surface area contributed by atoms with Gasteiger partial charge in [0.1, 0.15) is 5.75 Å². The number of carbonyl (C=O) groups is 1. The van der Waals surface area contributed by atoms with Gasteiger partial charge in [0.15, 0.2) is 0 Å². The van der Waals surface area contributed by atoms with Crippen molar-refractivity contribution in [2.45, 2.75) is 50.8 Å². The molecule has 0 saturated heterocycles. The second-order valence-corrected chi connectivity index (χ2v) is 8.87. The van der Waals surface area contributed by atoms with E-state index in [1.165, 1.54) is 0 Å². The Labute approximate surface area is 149 Å². The maximum Gasteiger partial charge on any atom is 0.241 e. The van der Waals surface area contributed by atoms with E-state index in [0.717, 1.165) is 11.4 Å². The Morgan fingerprint density at radius 3 is 2.24 bits per heavy atom. The summed E-state index contributed by atoms with van der Waals surface area (Å²) < 4.78 is 31.6. The number of amides is 1.